The number of rotatable bonds is 4. The van der Waals surface area contributed by atoms with Crippen molar-refractivity contribution in [3.63, 3.8) is 0 Å². The van der Waals surface area contributed by atoms with Crippen LogP contribution >= 0.6 is 0 Å². The van der Waals surface area contributed by atoms with Gasteiger partial charge in [-0.1, -0.05) is 12.5 Å². The first-order valence-corrected chi connectivity index (χ1v) is 3.51. The van der Waals surface area contributed by atoms with Crippen LogP contribution in [0, 0.1) is 5.92 Å². The summed E-state index contributed by atoms with van der Waals surface area (Å²) in [5.41, 5.74) is 0.952. The summed E-state index contributed by atoms with van der Waals surface area (Å²) in [5.74, 6) is -0.0447. The maximum absolute atomic E-state index is 9.27. The first-order valence-electron chi connectivity index (χ1n) is 3.51. The lowest BCUT2D eigenvalue weighted by atomic mass is 10.00. The summed E-state index contributed by atoms with van der Waals surface area (Å²) in [5, 5.41) is 17.9. The van der Waals surface area contributed by atoms with E-state index in [-0.39, 0.29) is 12.5 Å². The minimum atomic E-state index is -0.442. The van der Waals surface area contributed by atoms with Gasteiger partial charge in [-0.2, -0.15) is 0 Å². The standard InChI is InChI=1S/C8H16O2/c1-6(2)4-8(10)7(3)5-9/h7-10H,1,4-5H2,2-3H3/t7-,8-/m1/s1. The van der Waals surface area contributed by atoms with Crippen molar-refractivity contribution in [3.05, 3.63) is 12.2 Å². The first-order chi connectivity index (χ1) is 4.57. The molecule has 2 nitrogen and oxygen atoms in total. The van der Waals surface area contributed by atoms with Gasteiger partial charge in [0.05, 0.1) is 6.10 Å². The molecule has 2 atom stereocenters. The highest BCUT2D eigenvalue weighted by Gasteiger charge is 2.12. The predicted octanol–water partition coefficient (Wildman–Crippen LogP) is 0.942. The van der Waals surface area contributed by atoms with Gasteiger partial charge in [0.2, 0.25) is 0 Å². The molecule has 0 aromatic heterocycles. The fraction of sp³-hybridized carbons (Fsp3) is 0.750. The third-order valence-electron chi connectivity index (χ3n) is 1.50. The summed E-state index contributed by atoms with van der Waals surface area (Å²) in [6, 6.07) is 0. The minimum absolute atomic E-state index is 0.0362. The van der Waals surface area contributed by atoms with E-state index < -0.39 is 6.10 Å². The van der Waals surface area contributed by atoms with Crippen molar-refractivity contribution in [2.24, 2.45) is 5.92 Å². The molecule has 0 bridgehead atoms. The maximum atomic E-state index is 9.27. The van der Waals surface area contributed by atoms with Crippen LogP contribution in [-0.2, 0) is 0 Å². The second-order valence-corrected chi connectivity index (χ2v) is 2.89. The van der Waals surface area contributed by atoms with E-state index in [4.69, 9.17) is 5.11 Å². The van der Waals surface area contributed by atoms with E-state index in [0.717, 1.165) is 5.57 Å². The Hall–Kier alpha value is -0.340. The van der Waals surface area contributed by atoms with E-state index in [9.17, 15) is 5.11 Å². The lowest BCUT2D eigenvalue weighted by Crippen LogP contribution is -2.20. The molecule has 60 valence electrons. The highest BCUT2D eigenvalue weighted by molar-refractivity contribution is 4.91. The molecule has 2 N–H and O–H groups in total. The second-order valence-electron chi connectivity index (χ2n) is 2.89. The summed E-state index contributed by atoms with van der Waals surface area (Å²) in [6.45, 7) is 7.39. The molecule has 0 aromatic rings. The first kappa shape index (κ1) is 9.66. The average molecular weight is 144 g/mol. The van der Waals surface area contributed by atoms with Gasteiger partial charge < -0.3 is 10.2 Å². The van der Waals surface area contributed by atoms with Gasteiger partial charge >= 0.3 is 0 Å². The molecule has 2 heteroatoms. The highest BCUT2D eigenvalue weighted by Crippen LogP contribution is 2.10. The lowest BCUT2D eigenvalue weighted by Gasteiger charge is -2.15. The van der Waals surface area contributed by atoms with Crippen LogP contribution in [0.1, 0.15) is 20.3 Å². The molecule has 0 saturated heterocycles. The Balaban J connectivity index is 3.61. The molecule has 0 rings (SSSR count). The van der Waals surface area contributed by atoms with Crippen molar-refractivity contribution in [1.82, 2.24) is 0 Å². The molecule has 0 aliphatic heterocycles. The molecule has 0 aromatic carbocycles. The van der Waals surface area contributed by atoms with E-state index in [1.165, 1.54) is 0 Å². The lowest BCUT2D eigenvalue weighted by molar-refractivity contribution is 0.0776. The zero-order chi connectivity index (χ0) is 8.15. The van der Waals surface area contributed by atoms with Gasteiger partial charge in [0.1, 0.15) is 0 Å². The van der Waals surface area contributed by atoms with Crippen molar-refractivity contribution in [1.29, 1.82) is 0 Å². The molecule has 0 heterocycles. The Labute approximate surface area is 62.2 Å². The monoisotopic (exact) mass is 144 g/mol. The van der Waals surface area contributed by atoms with Crippen LogP contribution in [0.25, 0.3) is 0 Å². The number of aliphatic hydroxyl groups excluding tert-OH is 2. The smallest absolute Gasteiger partial charge is 0.0624 e. The van der Waals surface area contributed by atoms with E-state index in [0.29, 0.717) is 6.42 Å². The topological polar surface area (TPSA) is 40.5 Å². The van der Waals surface area contributed by atoms with Gasteiger partial charge in [0.25, 0.3) is 0 Å². The molecular formula is C8H16O2. The van der Waals surface area contributed by atoms with Crippen LogP contribution in [0.4, 0.5) is 0 Å². The maximum Gasteiger partial charge on any atom is 0.0624 e. The quantitative estimate of drug-likeness (QED) is 0.576. The molecule has 0 unspecified atom stereocenters. The normalized spacial score (nSPS) is 16.4. The number of aliphatic hydroxyl groups is 2. The molecular weight excluding hydrogens is 128 g/mol. The Bertz CT molecular complexity index is 110. The van der Waals surface area contributed by atoms with Gasteiger partial charge in [-0.3, -0.25) is 0 Å². The molecule has 10 heavy (non-hydrogen) atoms. The third-order valence-corrected chi connectivity index (χ3v) is 1.50. The molecule has 0 fully saturated rings. The van der Waals surface area contributed by atoms with E-state index in [1.54, 1.807) is 0 Å². The van der Waals surface area contributed by atoms with E-state index in [2.05, 4.69) is 6.58 Å². The Morgan fingerprint density at radius 3 is 2.40 bits per heavy atom. The molecule has 0 aliphatic carbocycles. The summed E-state index contributed by atoms with van der Waals surface area (Å²) in [7, 11) is 0. The number of hydrogen-bond donors (Lipinski definition) is 2. The largest absolute Gasteiger partial charge is 0.396 e. The Kier molecular flexibility index (Phi) is 4.32. The number of hydrogen-bond acceptors (Lipinski definition) is 2. The second kappa shape index (κ2) is 4.47. The van der Waals surface area contributed by atoms with Crippen molar-refractivity contribution in [3.8, 4) is 0 Å². The highest BCUT2D eigenvalue weighted by atomic mass is 16.3. The zero-order valence-electron chi connectivity index (χ0n) is 6.67. The van der Waals surface area contributed by atoms with Crippen molar-refractivity contribution in [2.75, 3.05) is 6.61 Å². The third kappa shape index (κ3) is 3.64. The van der Waals surface area contributed by atoms with Gasteiger partial charge in [-0.15, -0.1) is 6.58 Å². The average Bonchev–Trinajstić information content (AvgIpc) is 1.85. The van der Waals surface area contributed by atoms with Crippen molar-refractivity contribution < 1.29 is 10.2 Å². The van der Waals surface area contributed by atoms with Crippen LogP contribution in [0.5, 0.6) is 0 Å². The Morgan fingerprint density at radius 2 is 2.10 bits per heavy atom. The fourth-order valence-corrected chi connectivity index (χ4v) is 0.680. The molecule has 0 radical (unpaired) electrons. The van der Waals surface area contributed by atoms with Crippen LogP contribution < -0.4 is 0 Å². The molecule has 0 aliphatic rings. The van der Waals surface area contributed by atoms with Crippen molar-refractivity contribution in [2.45, 2.75) is 26.4 Å². The SMILES string of the molecule is C=C(C)C[C@@H](O)[C@H](C)CO. The van der Waals surface area contributed by atoms with Crippen LogP contribution in [0.2, 0.25) is 0 Å². The van der Waals surface area contributed by atoms with Crippen LogP contribution in [-0.4, -0.2) is 22.9 Å². The van der Waals surface area contributed by atoms with E-state index in [1.807, 2.05) is 13.8 Å². The Morgan fingerprint density at radius 1 is 1.60 bits per heavy atom. The summed E-state index contributed by atoms with van der Waals surface area (Å²) in [6.07, 6.45) is 0.143. The zero-order valence-corrected chi connectivity index (χ0v) is 6.67. The van der Waals surface area contributed by atoms with Crippen LogP contribution in [0.15, 0.2) is 12.2 Å². The molecule has 0 saturated carbocycles. The van der Waals surface area contributed by atoms with E-state index >= 15 is 0 Å². The van der Waals surface area contributed by atoms with Gasteiger partial charge in [0.15, 0.2) is 0 Å². The summed E-state index contributed by atoms with van der Waals surface area (Å²) >= 11 is 0. The summed E-state index contributed by atoms with van der Waals surface area (Å²) < 4.78 is 0. The summed E-state index contributed by atoms with van der Waals surface area (Å²) in [4.78, 5) is 0. The molecule has 0 amide bonds. The predicted molar refractivity (Wildman–Crippen MR) is 41.7 cm³/mol. The minimum Gasteiger partial charge on any atom is -0.396 e. The van der Waals surface area contributed by atoms with Gasteiger partial charge in [-0.25, -0.2) is 0 Å². The van der Waals surface area contributed by atoms with Gasteiger partial charge in [-0.05, 0) is 13.3 Å². The van der Waals surface area contributed by atoms with Gasteiger partial charge in [0, 0.05) is 12.5 Å². The fourth-order valence-electron chi connectivity index (χ4n) is 0.680. The van der Waals surface area contributed by atoms with Crippen LogP contribution in [0.3, 0.4) is 0 Å². The molecule has 0 spiro atoms. The van der Waals surface area contributed by atoms with Crippen molar-refractivity contribution >= 4 is 0 Å².